The zero-order chi connectivity index (χ0) is 13.4. The van der Waals surface area contributed by atoms with Crippen LogP contribution in [-0.4, -0.2) is 29.2 Å². The van der Waals surface area contributed by atoms with E-state index in [9.17, 15) is 0 Å². The molecule has 0 spiro atoms. The molecule has 18 heavy (non-hydrogen) atoms. The Labute approximate surface area is 111 Å². The maximum Gasteiger partial charge on any atom is 0.128 e. The normalized spacial score (nSPS) is 22.7. The van der Waals surface area contributed by atoms with E-state index < -0.39 is 0 Å². The Bertz CT molecular complexity index is 381. The van der Waals surface area contributed by atoms with Crippen molar-refractivity contribution in [1.82, 2.24) is 10.3 Å². The van der Waals surface area contributed by atoms with Crippen LogP contribution in [0.5, 0.6) is 0 Å². The van der Waals surface area contributed by atoms with Gasteiger partial charge in [-0.1, -0.05) is 6.07 Å². The van der Waals surface area contributed by atoms with Gasteiger partial charge < -0.3 is 10.2 Å². The van der Waals surface area contributed by atoms with Crippen LogP contribution in [-0.2, 0) is 0 Å². The van der Waals surface area contributed by atoms with Crippen molar-refractivity contribution in [3.63, 3.8) is 0 Å². The van der Waals surface area contributed by atoms with E-state index in [-0.39, 0.29) is 11.1 Å². The molecule has 1 N–H and O–H groups in total. The fourth-order valence-corrected chi connectivity index (χ4v) is 3.29. The number of nitrogens with one attached hydrogen (secondary N) is 1. The van der Waals surface area contributed by atoms with Crippen molar-refractivity contribution in [3.05, 3.63) is 24.4 Å². The van der Waals surface area contributed by atoms with Crippen LogP contribution < -0.4 is 10.2 Å². The van der Waals surface area contributed by atoms with E-state index in [0.29, 0.717) is 6.04 Å². The lowest BCUT2D eigenvalue weighted by Crippen LogP contribution is -2.62. The Balaban J connectivity index is 2.18. The predicted molar refractivity (Wildman–Crippen MR) is 77.0 cm³/mol. The standard InChI is InChI=1S/C15H25N3/c1-14(2)10-12(11-15(3,4)17-14)18(5)13-8-6-7-9-16-13/h6-9,12,17H,10-11H2,1-5H3. The van der Waals surface area contributed by atoms with E-state index in [1.54, 1.807) is 0 Å². The summed E-state index contributed by atoms with van der Waals surface area (Å²) in [7, 11) is 2.16. The SMILES string of the molecule is CN(c1ccccn1)C1CC(C)(C)NC(C)(C)C1. The summed E-state index contributed by atoms with van der Waals surface area (Å²) in [6, 6.07) is 6.64. The molecule has 1 saturated heterocycles. The van der Waals surface area contributed by atoms with Crippen LogP contribution >= 0.6 is 0 Å². The summed E-state index contributed by atoms with van der Waals surface area (Å²) in [5.74, 6) is 1.07. The molecule has 1 aromatic heterocycles. The molecule has 0 unspecified atom stereocenters. The number of hydrogen-bond acceptors (Lipinski definition) is 3. The molecular formula is C15H25N3. The van der Waals surface area contributed by atoms with Gasteiger partial charge in [0.25, 0.3) is 0 Å². The minimum atomic E-state index is 0.176. The Morgan fingerprint density at radius 3 is 2.28 bits per heavy atom. The van der Waals surface area contributed by atoms with Crippen molar-refractivity contribution < 1.29 is 0 Å². The fourth-order valence-electron chi connectivity index (χ4n) is 3.29. The third-order valence-electron chi connectivity index (χ3n) is 3.73. The van der Waals surface area contributed by atoms with Gasteiger partial charge in [-0.25, -0.2) is 4.98 Å². The van der Waals surface area contributed by atoms with E-state index in [0.717, 1.165) is 18.7 Å². The maximum absolute atomic E-state index is 4.45. The van der Waals surface area contributed by atoms with E-state index in [2.05, 4.69) is 62.1 Å². The number of piperidine rings is 1. The first-order chi connectivity index (χ1) is 8.29. The topological polar surface area (TPSA) is 28.2 Å². The molecule has 0 amide bonds. The molecule has 1 aliphatic rings. The molecule has 0 aliphatic carbocycles. The van der Waals surface area contributed by atoms with Crippen LogP contribution in [0.15, 0.2) is 24.4 Å². The van der Waals surface area contributed by atoms with Gasteiger partial charge in [-0.2, -0.15) is 0 Å². The largest absolute Gasteiger partial charge is 0.357 e. The summed E-state index contributed by atoms with van der Waals surface area (Å²) in [4.78, 5) is 6.78. The first-order valence-corrected chi connectivity index (χ1v) is 6.72. The first-order valence-electron chi connectivity index (χ1n) is 6.72. The van der Waals surface area contributed by atoms with E-state index in [4.69, 9.17) is 0 Å². The van der Waals surface area contributed by atoms with Crippen molar-refractivity contribution in [3.8, 4) is 0 Å². The van der Waals surface area contributed by atoms with Gasteiger partial charge in [0.05, 0.1) is 0 Å². The van der Waals surface area contributed by atoms with Crippen LogP contribution in [0.25, 0.3) is 0 Å². The highest BCUT2D eigenvalue weighted by Crippen LogP contribution is 2.32. The third kappa shape index (κ3) is 3.02. The van der Waals surface area contributed by atoms with Crippen molar-refractivity contribution >= 4 is 5.82 Å². The molecule has 0 aromatic carbocycles. The van der Waals surface area contributed by atoms with Gasteiger partial charge in [0, 0.05) is 30.4 Å². The first kappa shape index (κ1) is 13.3. The molecule has 3 heteroatoms. The van der Waals surface area contributed by atoms with Crippen molar-refractivity contribution in [2.75, 3.05) is 11.9 Å². The zero-order valence-electron chi connectivity index (χ0n) is 12.2. The quantitative estimate of drug-likeness (QED) is 0.871. The second-order valence-electron chi connectivity index (χ2n) is 6.75. The van der Waals surface area contributed by atoms with Crippen LogP contribution in [0.3, 0.4) is 0 Å². The lowest BCUT2D eigenvalue weighted by molar-refractivity contribution is 0.160. The van der Waals surface area contributed by atoms with Gasteiger partial charge in [0.1, 0.15) is 5.82 Å². The average Bonchev–Trinajstić information content (AvgIpc) is 2.25. The van der Waals surface area contributed by atoms with Crippen LogP contribution in [0.1, 0.15) is 40.5 Å². The summed E-state index contributed by atoms with van der Waals surface area (Å²) < 4.78 is 0. The molecule has 0 saturated carbocycles. The number of nitrogens with zero attached hydrogens (tertiary/aromatic N) is 2. The summed E-state index contributed by atoms with van der Waals surface area (Å²) in [5, 5.41) is 3.72. The number of aromatic nitrogens is 1. The number of anilines is 1. The maximum atomic E-state index is 4.45. The summed E-state index contributed by atoms with van der Waals surface area (Å²) >= 11 is 0. The van der Waals surface area contributed by atoms with Gasteiger partial charge in [-0.3, -0.25) is 0 Å². The molecule has 0 bridgehead atoms. The van der Waals surface area contributed by atoms with Crippen LogP contribution in [0.2, 0.25) is 0 Å². The van der Waals surface area contributed by atoms with Gasteiger partial charge in [-0.05, 0) is 52.7 Å². The third-order valence-corrected chi connectivity index (χ3v) is 3.73. The van der Waals surface area contributed by atoms with Crippen molar-refractivity contribution in [1.29, 1.82) is 0 Å². The molecular weight excluding hydrogens is 222 g/mol. The molecule has 100 valence electrons. The zero-order valence-corrected chi connectivity index (χ0v) is 12.2. The van der Waals surface area contributed by atoms with Crippen molar-refractivity contribution in [2.24, 2.45) is 0 Å². The smallest absolute Gasteiger partial charge is 0.128 e. The Morgan fingerprint density at radius 2 is 1.78 bits per heavy atom. The van der Waals surface area contributed by atoms with Crippen LogP contribution in [0, 0.1) is 0 Å². The second kappa shape index (κ2) is 4.54. The molecule has 2 heterocycles. The fraction of sp³-hybridized carbons (Fsp3) is 0.667. The van der Waals surface area contributed by atoms with Crippen LogP contribution in [0.4, 0.5) is 5.82 Å². The van der Waals surface area contributed by atoms with E-state index in [1.807, 2.05) is 12.3 Å². The average molecular weight is 247 g/mol. The highest BCUT2D eigenvalue weighted by Gasteiger charge is 2.39. The van der Waals surface area contributed by atoms with Crippen molar-refractivity contribution in [2.45, 2.75) is 57.7 Å². The highest BCUT2D eigenvalue weighted by molar-refractivity contribution is 5.38. The molecule has 1 aromatic rings. The molecule has 0 atom stereocenters. The molecule has 0 radical (unpaired) electrons. The molecule has 2 rings (SSSR count). The Morgan fingerprint density at radius 1 is 1.17 bits per heavy atom. The van der Waals surface area contributed by atoms with E-state index >= 15 is 0 Å². The Hall–Kier alpha value is -1.09. The summed E-state index contributed by atoms with van der Waals surface area (Å²) in [6.07, 6.45) is 4.15. The van der Waals surface area contributed by atoms with Gasteiger partial charge in [-0.15, -0.1) is 0 Å². The lowest BCUT2D eigenvalue weighted by atomic mass is 9.79. The highest BCUT2D eigenvalue weighted by atomic mass is 15.2. The molecule has 1 fully saturated rings. The number of hydrogen-bond donors (Lipinski definition) is 1. The monoisotopic (exact) mass is 247 g/mol. The Kier molecular flexibility index (Phi) is 3.37. The second-order valence-corrected chi connectivity index (χ2v) is 6.75. The van der Waals surface area contributed by atoms with Gasteiger partial charge in [0.2, 0.25) is 0 Å². The molecule has 3 nitrogen and oxygen atoms in total. The van der Waals surface area contributed by atoms with Gasteiger partial charge in [0.15, 0.2) is 0 Å². The van der Waals surface area contributed by atoms with Gasteiger partial charge >= 0.3 is 0 Å². The summed E-state index contributed by atoms with van der Waals surface area (Å²) in [6.45, 7) is 9.14. The molecule has 1 aliphatic heterocycles. The predicted octanol–water partition coefficient (Wildman–Crippen LogP) is 2.83. The number of rotatable bonds is 2. The van der Waals surface area contributed by atoms with E-state index in [1.165, 1.54) is 0 Å². The lowest BCUT2D eigenvalue weighted by Gasteiger charge is -2.49. The summed E-state index contributed by atoms with van der Waals surface area (Å²) in [5.41, 5.74) is 0.352. The minimum Gasteiger partial charge on any atom is -0.357 e. The minimum absolute atomic E-state index is 0.176. The number of pyridine rings is 1.